The summed E-state index contributed by atoms with van der Waals surface area (Å²) in [6, 6.07) is 6.57. The summed E-state index contributed by atoms with van der Waals surface area (Å²) < 4.78 is 0. The molecule has 0 heterocycles. The number of benzene rings is 1. The van der Waals surface area contributed by atoms with Gasteiger partial charge in [0.15, 0.2) is 0 Å². The Labute approximate surface area is 118 Å². The number of carbonyl (C=O) groups is 1. The highest BCUT2D eigenvalue weighted by atomic mass is 16.6. The molecule has 0 N–H and O–H groups in total. The number of nitro groups is 1. The molecule has 0 atom stereocenters. The summed E-state index contributed by atoms with van der Waals surface area (Å²) in [7, 11) is 1.86. The van der Waals surface area contributed by atoms with E-state index < -0.39 is 4.92 Å². The van der Waals surface area contributed by atoms with Gasteiger partial charge in [0, 0.05) is 25.2 Å². The normalized spacial score (nSPS) is 15.8. The van der Waals surface area contributed by atoms with Gasteiger partial charge in [0.05, 0.1) is 11.3 Å². The first-order valence-corrected chi connectivity index (χ1v) is 7.07. The highest BCUT2D eigenvalue weighted by Crippen LogP contribution is 2.22. The molecule has 5 heteroatoms. The van der Waals surface area contributed by atoms with Crippen LogP contribution < -0.4 is 0 Å². The minimum atomic E-state index is -0.431. The van der Waals surface area contributed by atoms with Crippen molar-refractivity contribution in [3.63, 3.8) is 0 Å². The third-order valence-corrected chi connectivity index (χ3v) is 4.02. The molecule has 1 aromatic rings. The maximum absolute atomic E-state index is 12.2. The van der Waals surface area contributed by atoms with Gasteiger partial charge in [-0.1, -0.05) is 31.4 Å². The lowest BCUT2D eigenvalue weighted by atomic mass is 9.94. The number of nitrogens with zero attached hydrogens (tertiary/aromatic N) is 2. The lowest BCUT2D eigenvalue weighted by Gasteiger charge is -2.31. The molecular formula is C15H20N2O3. The van der Waals surface area contributed by atoms with E-state index in [1.54, 1.807) is 12.1 Å². The first-order chi connectivity index (χ1) is 9.58. The summed E-state index contributed by atoms with van der Waals surface area (Å²) in [4.78, 5) is 24.2. The van der Waals surface area contributed by atoms with Crippen molar-refractivity contribution < 1.29 is 9.72 Å². The van der Waals surface area contributed by atoms with E-state index in [-0.39, 0.29) is 11.6 Å². The van der Waals surface area contributed by atoms with Crippen LogP contribution in [0.4, 0.5) is 5.69 Å². The van der Waals surface area contributed by atoms with E-state index in [4.69, 9.17) is 0 Å². The fourth-order valence-electron chi connectivity index (χ4n) is 2.71. The fraction of sp³-hybridized carbons (Fsp3) is 0.533. The van der Waals surface area contributed by atoms with Crippen molar-refractivity contribution >= 4 is 11.6 Å². The van der Waals surface area contributed by atoms with E-state index in [0.717, 1.165) is 18.4 Å². The van der Waals surface area contributed by atoms with Crippen LogP contribution in [0.5, 0.6) is 0 Å². The smallest absolute Gasteiger partial charge is 0.269 e. The Morgan fingerprint density at radius 2 is 1.85 bits per heavy atom. The molecular weight excluding hydrogens is 256 g/mol. The minimum absolute atomic E-state index is 0.0573. The molecule has 1 aliphatic carbocycles. The highest BCUT2D eigenvalue weighted by Gasteiger charge is 2.22. The zero-order valence-electron chi connectivity index (χ0n) is 11.7. The Morgan fingerprint density at radius 1 is 1.25 bits per heavy atom. The zero-order valence-corrected chi connectivity index (χ0v) is 11.7. The van der Waals surface area contributed by atoms with Gasteiger partial charge in [-0.15, -0.1) is 0 Å². The van der Waals surface area contributed by atoms with Crippen LogP contribution in [0.25, 0.3) is 0 Å². The average Bonchev–Trinajstić information content (AvgIpc) is 2.48. The highest BCUT2D eigenvalue weighted by molar-refractivity contribution is 5.78. The molecule has 1 fully saturated rings. The molecule has 0 aromatic heterocycles. The molecule has 1 saturated carbocycles. The zero-order chi connectivity index (χ0) is 14.5. The summed E-state index contributed by atoms with van der Waals surface area (Å²) in [5.74, 6) is 0.0887. The molecule has 5 nitrogen and oxygen atoms in total. The molecule has 0 saturated heterocycles. The quantitative estimate of drug-likeness (QED) is 0.627. The van der Waals surface area contributed by atoms with E-state index in [2.05, 4.69) is 0 Å². The van der Waals surface area contributed by atoms with Gasteiger partial charge in [-0.2, -0.15) is 0 Å². The second kappa shape index (κ2) is 6.50. The monoisotopic (exact) mass is 276 g/mol. The number of hydrogen-bond donors (Lipinski definition) is 0. The van der Waals surface area contributed by atoms with Gasteiger partial charge in [0.1, 0.15) is 0 Å². The maximum Gasteiger partial charge on any atom is 0.269 e. The van der Waals surface area contributed by atoms with E-state index in [0.29, 0.717) is 12.5 Å². The van der Waals surface area contributed by atoms with Crippen LogP contribution in [0.3, 0.4) is 0 Å². The number of amides is 1. The summed E-state index contributed by atoms with van der Waals surface area (Å²) in [5.41, 5.74) is 0.880. The van der Waals surface area contributed by atoms with Gasteiger partial charge in [-0.05, 0) is 18.4 Å². The molecule has 0 bridgehead atoms. The molecule has 20 heavy (non-hydrogen) atoms. The molecule has 1 amide bonds. The first-order valence-electron chi connectivity index (χ1n) is 7.07. The van der Waals surface area contributed by atoms with Crippen LogP contribution in [-0.2, 0) is 11.2 Å². The summed E-state index contributed by atoms with van der Waals surface area (Å²) in [6.45, 7) is 0. The Balaban J connectivity index is 1.94. The Morgan fingerprint density at radius 3 is 2.40 bits per heavy atom. The summed E-state index contributed by atoms with van der Waals surface area (Å²) in [5, 5.41) is 10.6. The number of carbonyl (C=O) groups excluding carboxylic acids is 1. The number of likely N-dealkylation sites (N-methyl/N-ethyl adjacent to an activating group) is 1. The van der Waals surface area contributed by atoms with Gasteiger partial charge < -0.3 is 4.90 Å². The van der Waals surface area contributed by atoms with Gasteiger partial charge in [-0.3, -0.25) is 14.9 Å². The number of nitro benzene ring substituents is 1. The van der Waals surface area contributed by atoms with Crippen molar-refractivity contribution in [2.24, 2.45) is 0 Å². The van der Waals surface area contributed by atoms with E-state index in [9.17, 15) is 14.9 Å². The van der Waals surface area contributed by atoms with Crippen LogP contribution in [0, 0.1) is 10.1 Å². The third-order valence-electron chi connectivity index (χ3n) is 4.02. The number of non-ortho nitro benzene ring substituents is 1. The summed E-state index contributed by atoms with van der Waals surface area (Å²) >= 11 is 0. The second-order valence-corrected chi connectivity index (χ2v) is 5.40. The minimum Gasteiger partial charge on any atom is -0.342 e. The topological polar surface area (TPSA) is 63.5 Å². The van der Waals surface area contributed by atoms with Crippen LogP contribution in [-0.4, -0.2) is 28.8 Å². The SMILES string of the molecule is CN(C(=O)Cc1ccc([N+](=O)[O-])cc1)C1CCCCC1. The lowest BCUT2D eigenvalue weighted by molar-refractivity contribution is -0.384. The average molecular weight is 276 g/mol. The van der Waals surface area contributed by atoms with Crippen molar-refractivity contribution in [1.29, 1.82) is 0 Å². The van der Waals surface area contributed by atoms with Crippen molar-refractivity contribution in [3.05, 3.63) is 39.9 Å². The summed E-state index contributed by atoms with van der Waals surface area (Å²) in [6.07, 6.45) is 6.14. The van der Waals surface area contributed by atoms with Crippen LogP contribution in [0.1, 0.15) is 37.7 Å². The molecule has 0 spiro atoms. The number of rotatable bonds is 4. The van der Waals surface area contributed by atoms with Gasteiger partial charge in [0.2, 0.25) is 5.91 Å². The van der Waals surface area contributed by atoms with E-state index >= 15 is 0 Å². The predicted molar refractivity (Wildman–Crippen MR) is 76.4 cm³/mol. The largest absolute Gasteiger partial charge is 0.342 e. The van der Waals surface area contributed by atoms with E-state index in [1.165, 1.54) is 31.4 Å². The Bertz CT molecular complexity index is 478. The molecule has 108 valence electrons. The first kappa shape index (κ1) is 14.5. The predicted octanol–water partition coefficient (Wildman–Crippen LogP) is 2.93. The van der Waals surface area contributed by atoms with Crippen LogP contribution in [0.15, 0.2) is 24.3 Å². The number of hydrogen-bond acceptors (Lipinski definition) is 3. The maximum atomic E-state index is 12.2. The fourth-order valence-corrected chi connectivity index (χ4v) is 2.71. The van der Waals surface area contributed by atoms with Gasteiger partial charge >= 0.3 is 0 Å². The molecule has 1 aromatic carbocycles. The van der Waals surface area contributed by atoms with Crippen molar-refractivity contribution in [2.75, 3.05) is 7.05 Å². The molecule has 0 unspecified atom stereocenters. The van der Waals surface area contributed by atoms with Gasteiger partial charge in [0.25, 0.3) is 5.69 Å². The second-order valence-electron chi connectivity index (χ2n) is 5.40. The Hall–Kier alpha value is -1.91. The van der Waals surface area contributed by atoms with Crippen molar-refractivity contribution in [3.8, 4) is 0 Å². The molecule has 0 aliphatic heterocycles. The van der Waals surface area contributed by atoms with Crippen molar-refractivity contribution in [1.82, 2.24) is 4.90 Å². The lowest BCUT2D eigenvalue weighted by Crippen LogP contribution is -2.39. The standard InChI is InChI=1S/C15H20N2O3/c1-16(13-5-3-2-4-6-13)15(18)11-12-7-9-14(10-8-12)17(19)20/h7-10,13H,2-6,11H2,1H3. The third kappa shape index (κ3) is 3.56. The van der Waals surface area contributed by atoms with Crippen LogP contribution in [0.2, 0.25) is 0 Å². The van der Waals surface area contributed by atoms with E-state index in [1.807, 2.05) is 11.9 Å². The van der Waals surface area contributed by atoms with Gasteiger partial charge in [-0.25, -0.2) is 0 Å². The Kier molecular flexibility index (Phi) is 4.71. The molecule has 1 aliphatic rings. The molecule has 0 radical (unpaired) electrons. The van der Waals surface area contributed by atoms with Crippen molar-refractivity contribution in [2.45, 2.75) is 44.6 Å². The van der Waals surface area contributed by atoms with Crippen LogP contribution >= 0.6 is 0 Å². The molecule has 2 rings (SSSR count).